The zero-order valence-corrected chi connectivity index (χ0v) is 16.2. The van der Waals surface area contributed by atoms with Crippen LogP contribution in [0.1, 0.15) is 30.0 Å². The minimum Gasteiger partial charge on any atom is -0.486 e. The fraction of sp³-hybridized carbons (Fsp3) is 0.381. The van der Waals surface area contributed by atoms with Gasteiger partial charge >= 0.3 is 0 Å². The first-order valence-electron chi connectivity index (χ1n) is 9.70. The van der Waals surface area contributed by atoms with Crippen LogP contribution >= 0.6 is 0 Å². The molecular formula is C21H23N3O5. The summed E-state index contributed by atoms with van der Waals surface area (Å²) in [6.07, 6.45) is 1.93. The van der Waals surface area contributed by atoms with Gasteiger partial charge in [0.05, 0.1) is 11.5 Å². The number of carbonyl (C=O) groups excluding carboxylic acids is 1. The van der Waals surface area contributed by atoms with E-state index in [4.69, 9.17) is 9.47 Å². The number of nitro groups is 1. The largest absolute Gasteiger partial charge is 0.486 e. The molecule has 0 aromatic heterocycles. The van der Waals surface area contributed by atoms with Gasteiger partial charge in [0.2, 0.25) is 5.91 Å². The molecule has 29 heavy (non-hydrogen) atoms. The van der Waals surface area contributed by atoms with Crippen LogP contribution in [-0.4, -0.2) is 42.0 Å². The highest BCUT2D eigenvalue weighted by Crippen LogP contribution is 2.38. The van der Waals surface area contributed by atoms with Crippen LogP contribution < -0.4 is 14.8 Å². The molecule has 2 aliphatic rings. The Bertz CT molecular complexity index is 946. The summed E-state index contributed by atoms with van der Waals surface area (Å²) in [4.78, 5) is 25.5. The van der Waals surface area contributed by atoms with E-state index in [2.05, 4.69) is 10.2 Å². The number of nitrogens with zero attached hydrogens (tertiary/aromatic N) is 2. The van der Waals surface area contributed by atoms with Gasteiger partial charge in [0, 0.05) is 12.1 Å². The number of nitro benzene ring substituents is 1. The van der Waals surface area contributed by atoms with E-state index in [-0.39, 0.29) is 29.9 Å². The number of likely N-dealkylation sites (tertiary alicyclic amines) is 1. The fourth-order valence-corrected chi connectivity index (χ4v) is 3.93. The fourth-order valence-electron chi connectivity index (χ4n) is 3.93. The van der Waals surface area contributed by atoms with Crippen molar-refractivity contribution < 1.29 is 19.2 Å². The van der Waals surface area contributed by atoms with Crippen LogP contribution in [-0.2, 0) is 4.79 Å². The van der Waals surface area contributed by atoms with Crippen molar-refractivity contribution >= 4 is 17.3 Å². The van der Waals surface area contributed by atoms with Crippen LogP contribution in [0.5, 0.6) is 11.5 Å². The van der Waals surface area contributed by atoms with Gasteiger partial charge < -0.3 is 14.8 Å². The topological polar surface area (TPSA) is 93.9 Å². The van der Waals surface area contributed by atoms with Gasteiger partial charge in [-0.05, 0) is 55.6 Å². The summed E-state index contributed by atoms with van der Waals surface area (Å²) in [5.41, 5.74) is 1.98. The van der Waals surface area contributed by atoms with E-state index in [0.717, 1.165) is 42.0 Å². The monoisotopic (exact) mass is 397 g/mol. The minimum atomic E-state index is -0.476. The lowest BCUT2D eigenvalue weighted by Crippen LogP contribution is -2.33. The highest BCUT2D eigenvalue weighted by Gasteiger charge is 2.29. The average molecular weight is 397 g/mol. The zero-order valence-electron chi connectivity index (χ0n) is 16.2. The van der Waals surface area contributed by atoms with E-state index < -0.39 is 4.92 Å². The first kappa shape index (κ1) is 19.2. The third-order valence-corrected chi connectivity index (χ3v) is 5.29. The van der Waals surface area contributed by atoms with Gasteiger partial charge in [-0.1, -0.05) is 12.1 Å². The van der Waals surface area contributed by atoms with Crippen LogP contribution in [0, 0.1) is 17.0 Å². The van der Waals surface area contributed by atoms with Crippen molar-refractivity contribution in [2.24, 2.45) is 0 Å². The van der Waals surface area contributed by atoms with E-state index in [1.54, 1.807) is 19.1 Å². The molecule has 2 heterocycles. The molecule has 0 saturated carbocycles. The van der Waals surface area contributed by atoms with Crippen LogP contribution in [0.2, 0.25) is 0 Å². The SMILES string of the molecule is Cc1ccc(NC(=O)CN2CCCC2c2ccc3c(c2)OCCO3)c([N+](=O)[O-])c1. The van der Waals surface area contributed by atoms with Crippen molar-refractivity contribution in [3.8, 4) is 11.5 Å². The third-order valence-electron chi connectivity index (χ3n) is 5.29. The number of hydrogen-bond donors (Lipinski definition) is 1. The molecule has 4 rings (SSSR count). The van der Waals surface area contributed by atoms with Crippen molar-refractivity contribution in [1.82, 2.24) is 4.90 Å². The standard InChI is InChI=1S/C21H23N3O5/c1-14-4-6-16(18(11-14)24(26)27)22-21(25)13-23-8-2-3-17(23)15-5-7-19-20(12-15)29-10-9-28-19/h4-7,11-12,17H,2-3,8-10,13H2,1H3,(H,22,25). The van der Waals surface area contributed by atoms with E-state index in [0.29, 0.717) is 13.2 Å². The Kier molecular flexibility index (Phi) is 5.35. The quantitative estimate of drug-likeness (QED) is 0.613. The summed E-state index contributed by atoms with van der Waals surface area (Å²) < 4.78 is 11.3. The summed E-state index contributed by atoms with van der Waals surface area (Å²) >= 11 is 0. The molecule has 2 aromatic rings. The van der Waals surface area contributed by atoms with Gasteiger partial charge in [-0.25, -0.2) is 0 Å². The predicted octanol–water partition coefficient (Wildman–Crippen LogP) is 3.45. The molecule has 1 saturated heterocycles. The molecule has 8 heteroatoms. The molecule has 0 radical (unpaired) electrons. The number of nitrogens with one attached hydrogen (secondary N) is 1. The summed E-state index contributed by atoms with van der Waals surface area (Å²) in [7, 11) is 0. The Hall–Kier alpha value is -3.13. The summed E-state index contributed by atoms with van der Waals surface area (Å²) in [6.45, 7) is 3.82. The number of amides is 1. The molecule has 0 aliphatic carbocycles. The number of anilines is 1. The normalized spacial score (nSPS) is 18.4. The van der Waals surface area contributed by atoms with Crippen molar-refractivity contribution in [3.63, 3.8) is 0 Å². The van der Waals surface area contributed by atoms with E-state index >= 15 is 0 Å². The number of hydrogen-bond acceptors (Lipinski definition) is 6. The van der Waals surface area contributed by atoms with E-state index in [1.165, 1.54) is 6.07 Å². The molecule has 2 aromatic carbocycles. The van der Waals surface area contributed by atoms with Gasteiger partial charge in [-0.3, -0.25) is 19.8 Å². The summed E-state index contributed by atoms with van der Waals surface area (Å²) in [6, 6.07) is 10.8. The first-order chi connectivity index (χ1) is 14.0. The Labute approximate surface area is 168 Å². The lowest BCUT2D eigenvalue weighted by Gasteiger charge is -2.26. The Morgan fingerprint density at radius 2 is 2.00 bits per heavy atom. The van der Waals surface area contributed by atoms with Crippen LogP contribution in [0.15, 0.2) is 36.4 Å². The van der Waals surface area contributed by atoms with Gasteiger partial charge in [-0.2, -0.15) is 0 Å². The van der Waals surface area contributed by atoms with Crippen LogP contribution in [0.25, 0.3) is 0 Å². The van der Waals surface area contributed by atoms with Crippen molar-refractivity contribution in [2.45, 2.75) is 25.8 Å². The molecule has 1 unspecified atom stereocenters. The second kappa shape index (κ2) is 8.08. The molecule has 1 N–H and O–H groups in total. The molecule has 0 bridgehead atoms. The molecule has 8 nitrogen and oxygen atoms in total. The molecule has 152 valence electrons. The maximum absolute atomic E-state index is 12.6. The second-order valence-electron chi connectivity index (χ2n) is 7.36. The van der Waals surface area contributed by atoms with Crippen molar-refractivity contribution in [2.75, 3.05) is 31.6 Å². The van der Waals surface area contributed by atoms with Crippen molar-refractivity contribution in [3.05, 3.63) is 57.6 Å². The predicted molar refractivity (Wildman–Crippen MR) is 107 cm³/mol. The molecular weight excluding hydrogens is 374 g/mol. The number of ether oxygens (including phenoxy) is 2. The van der Waals surface area contributed by atoms with Gasteiger partial charge in [0.15, 0.2) is 11.5 Å². The minimum absolute atomic E-state index is 0.0943. The van der Waals surface area contributed by atoms with Crippen LogP contribution in [0.4, 0.5) is 11.4 Å². The van der Waals surface area contributed by atoms with E-state index in [9.17, 15) is 14.9 Å². The Morgan fingerprint density at radius 1 is 1.21 bits per heavy atom. The third kappa shape index (κ3) is 4.17. The molecule has 0 spiro atoms. The molecule has 1 amide bonds. The maximum Gasteiger partial charge on any atom is 0.293 e. The average Bonchev–Trinajstić information content (AvgIpc) is 3.16. The second-order valence-corrected chi connectivity index (χ2v) is 7.36. The first-order valence-corrected chi connectivity index (χ1v) is 9.70. The number of rotatable bonds is 5. The zero-order chi connectivity index (χ0) is 20.4. The van der Waals surface area contributed by atoms with E-state index in [1.807, 2.05) is 18.2 Å². The smallest absolute Gasteiger partial charge is 0.293 e. The lowest BCUT2D eigenvalue weighted by molar-refractivity contribution is -0.384. The van der Waals surface area contributed by atoms with Gasteiger partial charge in [0.1, 0.15) is 18.9 Å². The van der Waals surface area contributed by atoms with Crippen molar-refractivity contribution in [1.29, 1.82) is 0 Å². The Morgan fingerprint density at radius 3 is 2.79 bits per heavy atom. The molecule has 1 atom stereocenters. The summed E-state index contributed by atoms with van der Waals surface area (Å²) in [5.74, 6) is 1.22. The van der Waals surface area contributed by atoms with Gasteiger partial charge in [-0.15, -0.1) is 0 Å². The molecule has 1 fully saturated rings. The number of benzene rings is 2. The maximum atomic E-state index is 12.6. The lowest BCUT2D eigenvalue weighted by atomic mass is 10.0. The van der Waals surface area contributed by atoms with Crippen LogP contribution in [0.3, 0.4) is 0 Å². The van der Waals surface area contributed by atoms with Gasteiger partial charge in [0.25, 0.3) is 5.69 Å². The number of carbonyl (C=O) groups is 1. The Balaban J connectivity index is 1.46. The summed E-state index contributed by atoms with van der Waals surface area (Å²) in [5, 5.41) is 14.0. The highest BCUT2D eigenvalue weighted by molar-refractivity contribution is 5.94. The number of fused-ring (bicyclic) bond motifs is 1. The highest BCUT2D eigenvalue weighted by atomic mass is 16.6. The number of aryl methyl sites for hydroxylation is 1. The molecule has 2 aliphatic heterocycles.